The number of halogens is 1. The van der Waals surface area contributed by atoms with E-state index in [0.29, 0.717) is 16.7 Å². The Balaban J connectivity index is 2.96. The first-order chi connectivity index (χ1) is 7.12. The lowest BCUT2D eigenvalue weighted by Crippen LogP contribution is -2.51. The van der Waals surface area contributed by atoms with Crippen LogP contribution in [0.15, 0.2) is 12.1 Å². The summed E-state index contributed by atoms with van der Waals surface area (Å²) in [6.45, 7) is 7.22. The van der Waals surface area contributed by atoms with E-state index in [0.717, 1.165) is 0 Å². The maximum Gasteiger partial charge on any atom is 0.133 e. The van der Waals surface area contributed by atoms with Gasteiger partial charge in [-0.1, -0.05) is 11.6 Å². The van der Waals surface area contributed by atoms with Gasteiger partial charge in [-0.3, -0.25) is 0 Å². The van der Waals surface area contributed by atoms with Crippen molar-refractivity contribution < 1.29 is 5.11 Å². The predicted molar refractivity (Wildman–Crippen MR) is 67.7 cm³/mol. The molecule has 1 aromatic rings. The van der Waals surface area contributed by atoms with E-state index in [2.05, 4.69) is 10.3 Å². The average Bonchev–Trinajstić information content (AvgIpc) is 1.97. The number of pyridine rings is 1. The molecule has 5 heteroatoms. The molecule has 0 unspecified atom stereocenters. The maximum atomic E-state index is 9.99. The third-order valence-corrected chi connectivity index (χ3v) is 2.98. The molecule has 0 saturated heterocycles. The number of aliphatic hydroxyl groups is 1. The van der Waals surface area contributed by atoms with E-state index < -0.39 is 11.1 Å². The van der Waals surface area contributed by atoms with Crippen LogP contribution >= 0.6 is 11.6 Å². The third kappa shape index (κ3) is 3.00. The molecule has 16 heavy (non-hydrogen) atoms. The summed E-state index contributed by atoms with van der Waals surface area (Å²) in [5.74, 6) is 0.553. The summed E-state index contributed by atoms with van der Waals surface area (Å²) >= 11 is 5.80. The quantitative estimate of drug-likeness (QED) is 0.713. The van der Waals surface area contributed by atoms with Gasteiger partial charge in [0.15, 0.2) is 0 Å². The number of anilines is 2. The molecule has 1 aromatic heterocycles. The van der Waals surface area contributed by atoms with Gasteiger partial charge in [0.25, 0.3) is 0 Å². The van der Waals surface area contributed by atoms with Gasteiger partial charge in [-0.2, -0.15) is 0 Å². The van der Waals surface area contributed by atoms with Crippen LogP contribution in [-0.2, 0) is 0 Å². The maximum absolute atomic E-state index is 9.99. The van der Waals surface area contributed by atoms with E-state index in [-0.39, 0.29) is 0 Å². The molecule has 4 N–H and O–H groups in total. The fraction of sp³-hybridized carbons (Fsp3) is 0.545. The molecule has 1 rings (SSSR count). The Morgan fingerprint density at radius 2 is 1.88 bits per heavy atom. The average molecular weight is 244 g/mol. The van der Waals surface area contributed by atoms with Gasteiger partial charge in [0.1, 0.15) is 11.0 Å². The van der Waals surface area contributed by atoms with E-state index in [1.165, 1.54) is 0 Å². The van der Waals surface area contributed by atoms with Gasteiger partial charge in [0.2, 0.25) is 0 Å². The van der Waals surface area contributed by atoms with E-state index in [1.807, 2.05) is 13.8 Å². The van der Waals surface area contributed by atoms with Gasteiger partial charge in [-0.05, 0) is 33.8 Å². The summed E-state index contributed by atoms with van der Waals surface area (Å²) in [5, 5.41) is 13.4. The van der Waals surface area contributed by atoms with Crippen molar-refractivity contribution in [2.24, 2.45) is 0 Å². The van der Waals surface area contributed by atoms with Crippen LogP contribution in [0.1, 0.15) is 27.7 Å². The minimum atomic E-state index is -0.897. The van der Waals surface area contributed by atoms with Gasteiger partial charge in [-0.25, -0.2) is 4.98 Å². The molecule has 0 atom stereocenters. The highest BCUT2D eigenvalue weighted by Gasteiger charge is 2.35. The first-order valence-electron chi connectivity index (χ1n) is 5.05. The number of nitrogens with zero attached hydrogens (tertiary/aromatic N) is 1. The van der Waals surface area contributed by atoms with Gasteiger partial charge in [0.05, 0.1) is 11.1 Å². The largest absolute Gasteiger partial charge is 0.399 e. The monoisotopic (exact) mass is 243 g/mol. The number of aromatic nitrogens is 1. The Labute approximate surface area is 101 Å². The fourth-order valence-electron chi connectivity index (χ4n) is 1.05. The molecule has 0 fully saturated rings. The van der Waals surface area contributed by atoms with Crippen LogP contribution in [-0.4, -0.2) is 21.2 Å². The second kappa shape index (κ2) is 4.11. The summed E-state index contributed by atoms with van der Waals surface area (Å²) < 4.78 is 0. The first kappa shape index (κ1) is 13.1. The van der Waals surface area contributed by atoms with Crippen LogP contribution in [0.2, 0.25) is 5.15 Å². The van der Waals surface area contributed by atoms with Crippen LogP contribution < -0.4 is 11.1 Å². The topological polar surface area (TPSA) is 71.2 Å². The van der Waals surface area contributed by atoms with E-state index in [1.54, 1.807) is 26.0 Å². The van der Waals surface area contributed by atoms with Crippen molar-refractivity contribution in [2.45, 2.75) is 38.8 Å². The molecule has 4 nitrogen and oxygen atoms in total. The zero-order valence-electron chi connectivity index (χ0n) is 10.0. The fourth-order valence-corrected chi connectivity index (χ4v) is 1.27. The smallest absolute Gasteiger partial charge is 0.133 e. The lowest BCUT2D eigenvalue weighted by Gasteiger charge is -2.38. The summed E-state index contributed by atoms with van der Waals surface area (Å²) in [5.41, 5.74) is 4.75. The number of hydrogen-bond donors (Lipinski definition) is 3. The van der Waals surface area contributed by atoms with Crippen molar-refractivity contribution in [3.05, 3.63) is 17.3 Å². The Bertz CT molecular complexity index is 365. The summed E-state index contributed by atoms with van der Waals surface area (Å²) in [6.07, 6.45) is 0. The number of nitrogens with two attached hydrogens (primary N) is 1. The van der Waals surface area contributed by atoms with Crippen molar-refractivity contribution in [1.29, 1.82) is 0 Å². The third-order valence-electron chi connectivity index (χ3n) is 2.79. The second-order valence-electron chi connectivity index (χ2n) is 4.92. The highest BCUT2D eigenvalue weighted by atomic mass is 35.5. The molecule has 0 radical (unpaired) electrons. The molecule has 0 amide bonds. The van der Waals surface area contributed by atoms with Crippen LogP contribution in [0.4, 0.5) is 11.5 Å². The molecular weight excluding hydrogens is 226 g/mol. The number of nitrogen functional groups attached to an aromatic ring is 1. The zero-order chi connectivity index (χ0) is 12.6. The molecule has 0 saturated carbocycles. The predicted octanol–water partition coefficient (Wildman–Crippen LogP) is 2.28. The van der Waals surface area contributed by atoms with Crippen LogP contribution in [0, 0.1) is 0 Å². The normalized spacial score (nSPS) is 12.6. The Hall–Kier alpha value is -1.00. The SMILES string of the molecule is CC(C)(O)C(C)(C)Nc1cc(N)cc(Cl)n1. The second-order valence-corrected chi connectivity index (χ2v) is 5.30. The number of nitrogens with one attached hydrogen (secondary N) is 1. The lowest BCUT2D eigenvalue weighted by atomic mass is 9.86. The van der Waals surface area contributed by atoms with Gasteiger partial charge >= 0.3 is 0 Å². The Morgan fingerprint density at radius 3 is 2.31 bits per heavy atom. The molecule has 0 aliphatic rings. The number of hydrogen-bond acceptors (Lipinski definition) is 4. The van der Waals surface area contributed by atoms with E-state index in [9.17, 15) is 5.11 Å². The van der Waals surface area contributed by atoms with Crippen molar-refractivity contribution in [2.75, 3.05) is 11.1 Å². The van der Waals surface area contributed by atoms with Gasteiger partial charge < -0.3 is 16.2 Å². The van der Waals surface area contributed by atoms with E-state index >= 15 is 0 Å². The lowest BCUT2D eigenvalue weighted by molar-refractivity contribution is 0.0239. The van der Waals surface area contributed by atoms with Gasteiger partial charge in [0, 0.05) is 11.8 Å². The zero-order valence-corrected chi connectivity index (χ0v) is 10.8. The van der Waals surface area contributed by atoms with Crippen LogP contribution in [0.5, 0.6) is 0 Å². The van der Waals surface area contributed by atoms with Crippen molar-refractivity contribution >= 4 is 23.1 Å². The minimum absolute atomic E-state index is 0.328. The molecule has 0 aliphatic heterocycles. The molecule has 1 heterocycles. The molecule has 0 aromatic carbocycles. The highest BCUT2D eigenvalue weighted by molar-refractivity contribution is 6.29. The summed E-state index contributed by atoms with van der Waals surface area (Å²) in [6, 6.07) is 3.25. The Morgan fingerprint density at radius 1 is 1.31 bits per heavy atom. The summed E-state index contributed by atoms with van der Waals surface area (Å²) in [4.78, 5) is 4.10. The molecular formula is C11H18ClN3O. The van der Waals surface area contributed by atoms with Crippen LogP contribution in [0.25, 0.3) is 0 Å². The molecule has 0 spiro atoms. The Kier molecular flexibility index (Phi) is 3.35. The molecule has 0 aliphatic carbocycles. The number of rotatable bonds is 3. The van der Waals surface area contributed by atoms with Crippen molar-refractivity contribution in [3.63, 3.8) is 0 Å². The van der Waals surface area contributed by atoms with Gasteiger partial charge in [-0.15, -0.1) is 0 Å². The summed E-state index contributed by atoms with van der Waals surface area (Å²) in [7, 11) is 0. The van der Waals surface area contributed by atoms with Crippen LogP contribution in [0.3, 0.4) is 0 Å². The van der Waals surface area contributed by atoms with Crippen molar-refractivity contribution in [3.8, 4) is 0 Å². The molecule has 0 bridgehead atoms. The first-order valence-corrected chi connectivity index (χ1v) is 5.43. The highest BCUT2D eigenvalue weighted by Crippen LogP contribution is 2.26. The molecule has 90 valence electrons. The minimum Gasteiger partial charge on any atom is -0.399 e. The van der Waals surface area contributed by atoms with Crippen molar-refractivity contribution in [1.82, 2.24) is 4.98 Å². The van der Waals surface area contributed by atoms with E-state index in [4.69, 9.17) is 17.3 Å². The standard InChI is InChI=1S/C11H18ClN3O/c1-10(2,11(3,4)16)15-9-6-7(13)5-8(12)14-9/h5-6,16H,1-4H3,(H3,13,14,15).